The van der Waals surface area contributed by atoms with E-state index in [9.17, 15) is 4.79 Å². The van der Waals surface area contributed by atoms with Crippen LogP contribution in [0.15, 0.2) is 0 Å². The first-order chi connectivity index (χ1) is 12.2. The van der Waals surface area contributed by atoms with E-state index in [0.29, 0.717) is 6.42 Å². The lowest BCUT2D eigenvalue weighted by atomic mass is 9.86. The van der Waals surface area contributed by atoms with Crippen molar-refractivity contribution in [2.24, 2.45) is 0 Å². The molecule has 1 amide bonds. The molecule has 1 N–H and O–H groups in total. The lowest BCUT2D eigenvalue weighted by molar-refractivity contribution is -0.139. The van der Waals surface area contributed by atoms with E-state index in [0.717, 1.165) is 70.6 Å². The number of carbonyl (C=O) groups is 1. The average molecular weight is 346 g/mol. The Bertz CT molecular complexity index is 621. The summed E-state index contributed by atoms with van der Waals surface area (Å²) in [5, 5.41) is 7.68. The molecule has 2 saturated heterocycles. The van der Waals surface area contributed by atoms with Crippen LogP contribution in [-0.4, -0.2) is 71.3 Å². The largest absolute Gasteiger partial charge is 0.381 e. The molecular weight excluding hydrogens is 316 g/mol. The number of aromatic nitrogens is 2. The molecule has 0 unspecified atom stereocenters. The SMILES string of the molecule is CN1CCN(C(=O)CCc2n[nH]c3c2CCCC3)CC12CCOCC2. The molecule has 2 aliphatic heterocycles. The van der Waals surface area contributed by atoms with Crippen molar-refractivity contribution in [3.05, 3.63) is 17.0 Å². The Morgan fingerprint density at radius 2 is 2.04 bits per heavy atom. The Labute approximate surface area is 149 Å². The third-order valence-electron chi connectivity index (χ3n) is 6.49. The Kier molecular flexibility index (Phi) is 4.82. The lowest BCUT2D eigenvalue weighted by Crippen LogP contribution is -2.63. The van der Waals surface area contributed by atoms with Crippen LogP contribution in [0.25, 0.3) is 0 Å². The summed E-state index contributed by atoms with van der Waals surface area (Å²) < 4.78 is 5.55. The third-order valence-corrected chi connectivity index (χ3v) is 6.49. The first-order valence-corrected chi connectivity index (χ1v) is 9.80. The quantitative estimate of drug-likeness (QED) is 0.902. The van der Waals surface area contributed by atoms with Crippen LogP contribution in [0.1, 0.15) is 49.1 Å². The number of nitrogens with one attached hydrogen (secondary N) is 1. The van der Waals surface area contributed by atoms with Gasteiger partial charge in [0.25, 0.3) is 0 Å². The molecule has 1 aromatic rings. The van der Waals surface area contributed by atoms with Crippen LogP contribution in [0.5, 0.6) is 0 Å². The molecule has 1 aliphatic carbocycles. The van der Waals surface area contributed by atoms with Gasteiger partial charge >= 0.3 is 0 Å². The maximum absolute atomic E-state index is 12.8. The van der Waals surface area contributed by atoms with Gasteiger partial charge in [0, 0.05) is 56.9 Å². The highest BCUT2D eigenvalue weighted by Gasteiger charge is 2.42. The molecule has 1 aromatic heterocycles. The van der Waals surface area contributed by atoms with Gasteiger partial charge in [0.05, 0.1) is 5.69 Å². The number of aryl methyl sites for hydroxylation is 2. The van der Waals surface area contributed by atoms with Gasteiger partial charge in [-0.05, 0) is 51.1 Å². The summed E-state index contributed by atoms with van der Waals surface area (Å²) in [5.74, 6) is 0.284. The molecule has 6 nitrogen and oxygen atoms in total. The summed E-state index contributed by atoms with van der Waals surface area (Å²) in [4.78, 5) is 17.4. The van der Waals surface area contributed by atoms with E-state index in [-0.39, 0.29) is 11.4 Å². The summed E-state index contributed by atoms with van der Waals surface area (Å²) in [6, 6.07) is 0. The minimum absolute atomic E-state index is 0.123. The van der Waals surface area contributed by atoms with E-state index in [1.165, 1.54) is 24.1 Å². The van der Waals surface area contributed by atoms with E-state index in [1.807, 2.05) is 0 Å². The van der Waals surface area contributed by atoms with Crippen LogP contribution >= 0.6 is 0 Å². The minimum Gasteiger partial charge on any atom is -0.381 e. The molecule has 2 fully saturated rings. The Morgan fingerprint density at radius 3 is 2.88 bits per heavy atom. The summed E-state index contributed by atoms with van der Waals surface area (Å²) in [5.41, 5.74) is 3.93. The van der Waals surface area contributed by atoms with E-state index in [1.54, 1.807) is 0 Å². The second-order valence-electron chi connectivity index (χ2n) is 7.91. The number of piperazine rings is 1. The van der Waals surface area contributed by atoms with E-state index in [4.69, 9.17) is 4.74 Å². The Balaban J connectivity index is 1.37. The maximum atomic E-state index is 12.8. The van der Waals surface area contributed by atoms with Crippen LogP contribution in [-0.2, 0) is 28.8 Å². The second-order valence-corrected chi connectivity index (χ2v) is 7.91. The lowest BCUT2D eigenvalue weighted by Gasteiger charge is -2.51. The molecule has 3 aliphatic rings. The van der Waals surface area contributed by atoms with E-state index >= 15 is 0 Å². The number of carbonyl (C=O) groups excluding carboxylic acids is 1. The van der Waals surface area contributed by atoms with Crippen molar-refractivity contribution in [3.8, 4) is 0 Å². The predicted octanol–water partition coefficient (Wildman–Crippen LogP) is 1.54. The maximum Gasteiger partial charge on any atom is 0.223 e. The van der Waals surface area contributed by atoms with Crippen LogP contribution in [0, 0.1) is 0 Å². The zero-order chi connectivity index (χ0) is 17.3. The van der Waals surface area contributed by atoms with Crippen LogP contribution < -0.4 is 0 Å². The van der Waals surface area contributed by atoms with Gasteiger partial charge in [0.2, 0.25) is 5.91 Å². The number of H-pyrrole nitrogens is 1. The topological polar surface area (TPSA) is 61.5 Å². The van der Waals surface area contributed by atoms with Crippen LogP contribution in [0.2, 0.25) is 0 Å². The van der Waals surface area contributed by atoms with Gasteiger partial charge in [0.15, 0.2) is 0 Å². The van der Waals surface area contributed by atoms with Gasteiger partial charge in [-0.15, -0.1) is 0 Å². The molecule has 0 aromatic carbocycles. The molecule has 6 heteroatoms. The number of likely N-dealkylation sites (N-methyl/N-ethyl adjacent to an activating group) is 1. The number of fused-ring (bicyclic) bond motifs is 1. The van der Waals surface area contributed by atoms with E-state index in [2.05, 4.69) is 27.0 Å². The van der Waals surface area contributed by atoms with Gasteiger partial charge < -0.3 is 9.64 Å². The number of rotatable bonds is 3. The van der Waals surface area contributed by atoms with Gasteiger partial charge in [-0.3, -0.25) is 14.8 Å². The summed E-state index contributed by atoms with van der Waals surface area (Å²) in [6.07, 6.45) is 8.13. The van der Waals surface area contributed by atoms with Crippen molar-refractivity contribution in [1.29, 1.82) is 0 Å². The third kappa shape index (κ3) is 3.34. The number of aromatic amines is 1. The number of hydrogen-bond acceptors (Lipinski definition) is 4. The highest BCUT2D eigenvalue weighted by molar-refractivity contribution is 5.76. The zero-order valence-corrected chi connectivity index (χ0v) is 15.4. The molecule has 1 spiro atoms. The first-order valence-electron chi connectivity index (χ1n) is 9.80. The molecule has 0 radical (unpaired) electrons. The number of ether oxygens (including phenoxy) is 1. The smallest absolute Gasteiger partial charge is 0.223 e. The molecule has 0 saturated carbocycles. The number of amides is 1. The molecule has 0 atom stereocenters. The molecule has 138 valence electrons. The van der Waals surface area contributed by atoms with Crippen LogP contribution in [0.3, 0.4) is 0 Å². The average Bonchev–Trinajstić information content (AvgIpc) is 3.06. The summed E-state index contributed by atoms with van der Waals surface area (Å²) in [6.45, 7) is 4.28. The van der Waals surface area contributed by atoms with Gasteiger partial charge in [0.1, 0.15) is 0 Å². The van der Waals surface area contributed by atoms with E-state index < -0.39 is 0 Å². The van der Waals surface area contributed by atoms with Crippen molar-refractivity contribution in [2.45, 2.75) is 56.9 Å². The van der Waals surface area contributed by atoms with Gasteiger partial charge in [-0.1, -0.05) is 0 Å². The molecule has 0 bridgehead atoms. The second kappa shape index (κ2) is 7.08. The van der Waals surface area contributed by atoms with Gasteiger partial charge in [-0.2, -0.15) is 5.10 Å². The highest BCUT2D eigenvalue weighted by atomic mass is 16.5. The molecular formula is C19H30N4O2. The Morgan fingerprint density at radius 1 is 1.24 bits per heavy atom. The van der Waals surface area contributed by atoms with Crippen LogP contribution in [0.4, 0.5) is 0 Å². The monoisotopic (exact) mass is 346 g/mol. The Hall–Kier alpha value is -1.40. The fourth-order valence-electron chi connectivity index (χ4n) is 4.71. The first kappa shape index (κ1) is 17.0. The normalized spacial score (nSPS) is 23.6. The van der Waals surface area contributed by atoms with Crippen molar-refractivity contribution in [2.75, 3.05) is 39.9 Å². The van der Waals surface area contributed by atoms with Crippen molar-refractivity contribution in [1.82, 2.24) is 20.0 Å². The number of nitrogens with zero attached hydrogens (tertiary/aromatic N) is 3. The molecule has 25 heavy (non-hydrogen) atoms. The fourth-order valence-corrected chi connectivity index (χ4v) is 4.71. The molecule has 3 heterocycles. The minimum atomic E-state index is 0.123. The predicted molar refractivity (Wildman–Crippen MR) is 95.5 cm³/mol. The fraction of sp³-hybridized carbons (Fsp3) is 0.789. The summed E-state index contributed by atoms with van der Waals surface area (Å²) in [7, 11) is 2.20. The zero-order valence-electron chi connectivity index (χ0n) is 15.4. The summed E-state index contributed by atoms with van der Waals surface area (Å²) >= 11 is 0. The van der Waals surface area contributed by atoms with Crippen molar-refractivity contribution >= 4 is 5.91 Å². The standard InChI is InChI=1S/C19H30N4O2/c1-22-10-11-23(14-19(22)8-12-25-13-9-19)18(24)7-6-17-15-4-2-3-5-16(15)20-21-17/h2-14H2,1H3,(H,20,21). The van der Waals surface area contributed by atoms with Crippen molar-refractivity contribution < 1.29 is 9.53 Å². The molecule has 4 rings (SSSR count). The highest BCUT2D eigenvalue weighted by Crippen LogP contribution is 2.31. The van der Waals surface area contributed by atoms with Crippen molar-refractivity contribution in [3.63, 3.8) is 0 Å². The number of hydrogen-bond donors (Lipinski definition) is 1. The van der Waals surface area contributed by atoms with Gasteiger partial charge in [-0.25, -0.2) is 0 Å².